The second-order valence-electron chi connectivity index (χ2n) is 1.83. The van der Waals surface area contributed by atoms with Gasteiger partial charge in [-0.05, 0) is 6.92 Å². The second-order valence-corrected chi connectivity index (χ2v) is 1.83. The first-order chi connectivity index (χ1) is 5.25. The minimum Gasteiger partial charge on any atom is -0.477 e. The summed E-state index contributed by atoms with van der Waals surface area (Å²) >= 11 is 0. The summed E-state index contributed by atoms with van der Waals surface area (Å²) in [7, 11) is 0. The lowest BCUT2D eigenvalue weighted by Gasteiger charge is -2.22. The van der Waals surface area contributed by atoms with Crippen LogP contribution in [-0.2, 0) is 9.53 Å². The summed E-state index contributed by atoms with van der Waals surface area (Å²) in [4.78, 5) is 9.84. The molecule has 1 atom stereocenters. The molecule has 0 fully saturated rings. The number of aliphatic carboxylic acids is 1. The lowest BCUT2D eigenvalue weighted by atomic mass is 10.3. The van der Waals surface area contributed by atoms with Gasteiger partial charge in [-0.3, -0.25) is 0 Å². The zero-order valence-electron chi connectivity index (χ0n) is 6.69. The smallest absolute Gasteiger partial charge is 0.460 e. The van der Waals surface area contributed by atoms with Gasteiger partial charge in [-0.2, -0.15) is 17.6 Å². The largest absolute Gasteiger partial charge is 0.477 e. The van der Waals surface area contributed by atoms with Crippen LogP contribution >= 0.6 is 0 Å². The van der Waals surface area contributed by atoms with Crippen molar-refractivity contribution in [3.8, 4) is 0 Å². The highest BCUT2D eigenvalue weighted by molar-refractivity contribution is 5.76. The molecule has 8 heteroatoms. The van der Waals surface area contributed by atoms with Gasteiger partial charge >= 0.3 is 18.0 Å². The summed E-state index contributed by atoms with van der Waals surface area (Å²) in [6, 6.07) is 0. The van der Waals surface area contributed by atoms with Crippen molar-refractivity contribution in [2.75, 3.05) is 6.61 Å². The van der Waals surface area contributed by atoms with E-state index in [-0.39, 0.29) is 6.15 Å². The molecule has 0 aromatic heterocycles. The average molecular weight is 207 g/mol. The molecular weight excluding hydrogens is 198 g/mol. The maximum absolute atomic E-state index is 12.5. The van der Waals surface area contributed by atoms with Crippen molar-refractivity contribution >= 4 is 5.97 Å². The Kier molecular flexibility index (Phi) is 4.92. The van der Waals surface area contributed by atoms with Crippen molar-refractivity contribution in [1.29, 1.82) is 0 Å². The van der Waals surface area contributed by atoms with E-state index < -0.39 is 24.6 Å². The molecule has 0 bridgehead atoms. The molecule has 80 valence electrons. The normalized spacial score (nSPS) is 15.8. The Hall–Kier alpha value is -0.890. The molecule has 0 aliphatic heterocycles. The Balaban J connectivity index is 0. The number of carbonyl (C=O) groups is 1. The third-order valence-electron chi connectivity index (χ3n) is 0.983. The molecule has 0 aliphatic rings. The highest BCUT2D eigenvalue weighted by atomic mass is 19.4. The van der Waals surface area contributed by atoms with Crippen LogP contribution in [0.15, 0.2) is 0 Å². The van der Waals surface area contributed by atoms with E-state index in [0.29, 0.717) is 0 Å². The van der Waals surface area contributed by atoms with E-state index >= 15 is 0 Å². The maximum Gasteiger partial charge on any atom is 0.460 e. The van der Waals surface area contributed by atoms with Crippen LogP contribution < -0.4 is 6.15 Å². The highest BCUT2D eigenvalue weighted by Gasteiger charge is 2.64. The van der Waals surface area contributed by atoms with Gasteiger partial charge in [0.05, 0.1) is 0 Å². The predicted molar refractivity (Wildman–Crippen MR) is 34.2 cm³/mol. The van der Waals surface area contributed by atoms with Gasteiger partial charge in [0, 0.05) is 6.61 Å². The summed E-state index contributed by atoms with van der Waals surface area (Å²) in [6.07, 6.45) is -5.56. The van der Waals surface area contributed by atoms with Crippen LogP contribution in [0.1, 0.15) is 6.92 Å². The zero-order valence-corrected chi connectivity index (χ0v) is 6.69. The van der Waals surface area contributed by atoms with E-state index in [1.54, 1.807) is 0 Å². The van der Waals surface area contributed by atoms with Gasteiger partial charge in [0.25, 0.3) is 0 Å². The third-order valence-corrected chi connectivity index (χ3v) is 0.983. The Morgan fingerprint density at radius 1 is 1.38 bits per heavy atom. The molecular formula is C5H9F4NO3. The SMILES string of the molecule is CCOC(F)(C(=O)O)C(F)(F)F.N. The van der Waals surface area contributed by atoms with Crippen molar-refractivity contribution in [2.45, 2.75) is 19.0 Å². The van der Waals surface area contributed by atoms with Gasteiger partial charge in [-0.1, -0.05) is 0 Å². The van der Waals surface area contributed by atoms with E-state index in [0.717, 1.165) is 6.92 Å². The van der Waals surface area contributed by atoms with E-state index in [2.05, 4.69) is 4.74 Å². The Labute approximate surface area is 71.1 Å². The van der Waals surface area contributed by atoms with Crippen LogP contribution in [0.3, 0.4) is 0 Å². The summed E-state index contributed by atoms with van der Waals surface area (Å²) in [5, 5.41) is 7.88. The molecule has 0 amide bonds. The van der Waals surface area contributed by atoms with Crippen molar-refractivity contribution in [1.82, 2.24) is 6.15 Å². The van der Waals surface area contributed by atoms with Crippen LogP contribution in [0.4, 0.5) is 17.6 Å². The molecule has 0 heterocycles. The van der Waals surface area contributed by atoms with Crippen LogP contribution in [0.25, 0.3) is 0 Å². The van der Waals surface area contributed by atoms with Gasteiger partial charge in [0.15, 0.2) is 0 Å². The number of carboxylic acids is 1. The Morgan fingerprint density at radius 3 is 1.85 bits per heavy atom. The van der Waals surface area contributed by atoms with Crippen LogP contribution in [-0.4, -0.2) is 29.7 Å². The van der Waals surface area contributed by atoms with Crippen molar-refractivity contribution in [3.63, 3.8) is 0 Å². The van der Waals surface area contributed by atoms with Crippen molar-refractivity contribution in [2.24, 2.45) is 0 Å². The fraction of sp³-hybridized carbons (Fsp3) is 0.800. The summed E-state index contributed by atoms with van der Waals surface area (Å²) in [5.74, 6) is -7.29. The highest BCUT2D eigenvalue weighted by Crippen LogP contribution is 2.35. The molecule has 0 saturated heterocycles. The van der Waals surface area contributed by atoms with E-state index in [1.807, 2.05) is 0 Å². The molecule has 0 rings (SSSR count). The van der Waals surface area contributed by atoms with Crippen LogP contribution in [0, 0.1) is 0 Å². The number of alkyl halides is 4. The van der Waals surface area contributed by atoms with E-state index in [1.165, 1.54) is 0 Å². The number of hydrogen-bond donors (Lipinski definition) is 2. The van der Waals surface area contributed by atoms with Gasteiger partial charge in [0.2, 0.25) is 0 Å². The van der Waals surface area contributed by atoms with Crippen LogP contribution in [0.5, 0.6) is 0 Å². The number of rotatable bonds is 3. The number of ether oxygens (including phenoxy) is 1. The molecule has 0 aliphatic carbocycles. The maximum atomic E-state index is 12.5. The molecule has 4 nitrogen and oxygen atoms in total. The fourth-order valence-corrected chi connectivity index (χ4v) is 0.464. The minimum atomic E-state index is -5.56. The number of hydrogen-bond acceptors (Lipinski definition) is 3. The fourth-order valence-electron chi connectivity index (χ4n) is 0.464. The summed E-state index contributed by atoms with van der Waals surface area (Å²) in [5.41, 5.74) is 0. The summed E-state index contributed by atoms with van der Waals surface area (Å²) < 4.78 is 50.9. The average Bonchev–Trinajstić information content (AvgIpc) is 1.85. The number of halogens is 4. The van der Waals surface area contributed by atoms with Crippen molar-refractivity contribution < 1.29 is 32.2 Å². The first-order valence-electron chi connectivity index (χ1n) is 2.88. The minimum absolute atomic E-state index is 0. The van der Waals surface area contributed by atoms with E-state index in [9.17, 15) is 22.4 Å². The van der Waals surface area contributed by atoms with Crippen LogP contribution in [0.2, 0.25) is 0 Å². The Bertz CT molecular complexity index is 183. The third kappa shape index (κ3) is 2.81. The van der Waals surface area contributed by atoms with Crippen molar-refractivity contribution in [3.05, 3.63) is 0 Å². The van der Waals surface area contributed by atoms with Gasteiger partial charge in [-0.15, -0.1) is 0 Å². The van der Waals surface area contributed by atoms with Gasteiger partial charge in [-0.25, -0.2) is 4.79 Å². The van der Waals surface area contributed by atoms with E-state index in [4.69, 9.17) is 5.11 Å². The first-order valence-corrected chi connectivity index (χ1v) is 2.88. The molecule has 1 unspecified atom stereocenters. The monoisotopic (exact) mass is 207 g/mol. The molecule has 0 saturated carbocycles. The molecule has 0 radical (unpaired) electrons. The predicted octanol–water partition coefficient (Wildman–Crippen LogP) is 1.50. The summed E-state index contributed by atoms with van der Waals surface area (Å²) in [6.45, 7) is 0.380. The molecule has 0 spiro atoms. The van der Waals surface area contributed by atoms with Gasteiger partial charge < -0.3 is 16.0 Å². The standard InChI is InChI=1S/C5H6F4O3.H3N/c1-2-12-4(6,3(10)11)5(7,8)9;/h2H2,1H3,(H,10,11);1H3. The number of carboxylic acid groups (broad SMARTS) is 1. The zero-order chi connectivity index (χ0) is 9.99. The van der Waals surface area contributed by atoms with Gasteiger partial charge in [0.1, 0.15) is 0 Å². The lowest BCUT2D eigenvalue weighted by molar-refractivity contribution is -0.321. The quantitative estimate of drug-likeness (QED) is 0.687. The lowest BCUT2D eigenvalue weighted by Crippen LogP contribution is -2.50. The second kappa shape index (κ2) is 4.38. The Morgan fingerprint density at radius 2 is 1.77 bits per heavy atom. The topological polar surface area (TPSA) is 81.5 Å². The molecule has 0 aromatic carbocycles. The molecule has 4 N–H and O–H groups in total. The molecule has 13 heavy (non-hydrogen) atoms. The molecule has 0 aromatic rings. The first kappa shape index (κ1) is 14.6.